The first-order chi connectivity index (χ1) is 8.75. The predicted octanol–water partition coefficient (Wildman–Crippen LogP) is 4.35. The van der Waals surface area contributed by atoms with E-state index >= 15 is 0 Å². The van der Waals surface area contributed by atoms with E-state index < -0.39 is 0 Å². The molecule has 1 heterocycles. The van der Waals surface area contributed by atoms with Gasteiger partial charge < -0.3 is 0 Å². The Hall–Kier alpha value is -2.09. The molecular weight excluding hydrogens is 220 g/mol. The summed E-state index contributed by atoms with van der Waals surface area (Å²) in [7, 11) is 0. The minimum absolute atomic E-state index is 0.565. The van der Waals surface area contributed by atoms with Crippen LogP contribution in [0.2, 0.25) is 0 Å². The minimum atomic E-state index is 0.565. The fourth-order valence-electron chi connectivity index (χ4n) is 2.21. The Morgan fingerprint density at radius 1 is 0.944 bits per heavy atom. The summed E-state index contributed by atoms with van der Waals surface area (Å²) in [4.78, 5) is 0. The van der Waals surface area contributed by atoms with Gasteiger partial charge in [-0.3, -0.25) is 5.10 Å². The number of fused-ring (bicyclic) bond motifs is 1. The lowest BCUT2D eigenvalue weighted by molar-refractivity contribution is 0.867. The van der Waals surface area contributed by atoms with E-state index in [4.69, 9.17) is 0 Å². The van der Waals surface area contributed by atoms with Crippen molar-refractivity contribution in [2.24, 2.45) is 0 Å². The molecular formula is C16H16N2. The average molecular weight is 236 g/mol. The maximum absolute atomic E-state index is 4.42. The van der Waals surface area contributed by atoms with Crippen LogP contribution < -0.4 is 0 Å². The second-order valence-electron chi connectivity index (χ2n) is 4.89. The van der Waals surface area contributed by atoms with Gasteiger partial charge in [0.2, 0.25) is 0 Å². The lowest BCUT2D eigenvalue weighted by Gasteiger charge is -2.05. The van der Waals surface area contributed by atoms with Gasteiger partial charge in [0, 0.05) is 10.9 Å². The van der Waals surface area contributed by atoms with Gasteiger partial charge in [0.05, 0.1) is 11.2 Å². The summed E-state index contributed by atoms with van der Waals surface area (Å²) >= 11 is 0. The van der Waals surface area contributed by atoms with E-state index in [1.165, 1.54) is 10.9 Å². The molecule has 0 atom stereocenters. The standard InChI is InChI=1S/C16H16N2/c1-11(2)12-7-9-13(10-8-12)16-14-5-3-4-6-15(14)17-18-16/h3-11H,1-2H3,(H,17,18). The van der Waals surface area contributed by atoms with E-state index in [1.54, 1.807) is 0 Å². The highest BCUT2D eigenvalue weighted by Crippen LogP contribution is 2.27. The number of hydrogen-bond donors (Lipinski definition) is 1. The van der Waals surface area contributed by atoms with Gasteiger partial charge in [0.15, 0.2) is 0 Å². The number of rotatable bonds is 2. The quantitative estimate of drug-likeness (QED) is 0.704. The van der Waals surface area contributed by atoms with Gasteiger partial charge in [-0.15, -0.1) is 0 Å². The Morgan fingerprint density at radius 2 is 1.67 bits per heavy atom. The molecule has 0 saturated carbocycles. The van der Waals surface area contributed by atoms with Gasteiger partial charge >= 0.3 is 0 Å². The zero-order chi connectivity index (χ0) is 12.5. The topological polar surface area (TPSA) is 28.7 Å². The molecule has 3 aromatic rings. The Labute approximate surface area is 107 Å². The maximum atomic E-state index is 4.42. The number of H-pyrrole nitrogens is 1. The minimum Gasteiger partial charge on any atom is -0.277 e. The van der Waals surface area contributed by atoms with E-state index in [9.17, 15) is 0 Å². The monoisotopic (exact) mass is 236 g/mol. The van der Waals surface area contributed by atoms with Gasteiger partial charge in [-0.05, 0) is 17.5 Å². The van der Waals surface area contributed by atoms with Crippen LogP contribution in [0, 0.1) is 0 Å². The third-order valence-corrected chi connectivity index (χ3v) is 3.32. The van der Waals surface area contributed by atoms with Crippen molar-refractivity contribution in [3.8, 4) is 11.3 Å². The Kier molecular flexibility index (Phi) is 2.63. The van der Waals surface area contributed by atoms with Crippen LogP contribution in [0.15, 0.2) is 48.5 Å². The van der Waals surface area contributed by atoms with Crippen LogP contribution in [-0.2, 0) is 0 Å². The smallest absolute Gasteiger partial charge is 0.0999 e. The largest absolute Gasteiger partial charge is 0.277 e. The van der Waals surface area contributed by atoms with Crippen molar-refractivity contribution in [1.29, 1.82) is 0 Å². The number of nitrogens with one attached hydrogen (secondary N) is 1. The first-order valence-corrected chi connectivity index (χ1v) is 6.29. The van der Waals surface area contributed by atoms with Gasteiger partial charge in [-0.2, -0.15) is 5.10 Å². The van der Waals surface area contributed by atoms with E-state index in [0.29, 0.717) is 5.92 Å². The summed E-state index contributed by atoms with van der Waals surface area (Å²) in [5, 5.41) is 8.66. The molecule has 0 unspecified atom stereocenters. The first kappa shape index (κ1) is 11.0. The van der Waals surface area contributed by atoms with E-state index in [-0.39, 0.29) is 0 Å². The van der Waals surface area contributed by atoms with Crippen LogP contribution in [0.1, 0.15) is 25.3 Å². The summed E-state index contributed by atoms with van der Waals surface area (Å²) in [5.41, 5.74) is 4.64. The van der Waals surface area contributed by atoms with E-state index in [0.717, 1.165) is 16.8 Å². The van der Waals surface area contributed by atoms with Gasteiger partial charge in [-0.1, -0.05) is 56.3 Å². The van der Waals surface area contributed by atoms with Gasteiger partial charge in [0.1, 0.15) is 0 Å². The fourth-order valence-corrected chi connectivity index (χ4v) is 2.21. The summed E-state index contributed by atoms with van der Waals surface area (Å²) in [5.74, 6) is 0.565. The van der Waals surface area contributed by atoms with Crippen LogP contribution in [0.3, 0.4) is 0 Å². The first-order valence-electron chi connectivity index (χ1n) is 6.29. The van der Waals surface area contributed by atoms with Gasteiger partial charge in [0.25, 0.3) is 0 Å². The van der Waals surface area contributed by atoms with Crippen LogP contribution in [0.5, 0.6) is 0 Å². The molecule has 0 amide bonds. The molecule has 0 bridgehead atoms. The molecule has 0 spiro atoms. The van der Waals surface area contributed by atoms with E-state index in [2.05, 4.69) is 54.4 Å². The van der Waals surface area contributed by atoms with Crippen molar-refractivity contribution in [2.75, 3.05) is 0 Å². The molecule has 0 saturated heterocycles. The van der Waals surface area contributed by atoms with Crippen LogP contribution in [0.25, 0.3) is 22.2 Å². The van der Waals surface area contributed by atoms with Crippen LogP contribution in [0.4, 0.5) is 0 Å². The summed E-state index contributed by atoms with van der Waals surface area (Å²) in [6.07, 6.45) is 0. The van der Waals surface area contributed by atoms with E-state index in [1.807, 2.05) is 18.2 Å². The molecule has 0 aliphatic heterocycles. The molecule has 18 heavy (non-hydrogen) atoms. The lowest BCUT2D eigenvalue weighted by Crippen LogP contribution is -1.87. The zero-order valence-corrected chi connectivity index (χ0v) is 10.6. The highest BCUT2D eigenvalue weighted by atomic mass is 15.1. The number of para-hydroxylation sites is 1. The molecule has 0 fully saturated rings. The molecule has 2 heteroatoms. The molecule has 0 radical (unpaired) electrons. The van der Waals surface area contributed by atoms with Crippen molar-refractivity contribution in [1.82, 2.24) is 10.2 Å². The predicted molar refractivity (Wildman–Crippen MR) is 75.6 cm³/mol. The summed E-state index contributed by atoms with van der Waals surface area (Å²) in [6.45, 7) is 4.41. The van der Waals surface area contributed by atoms with Crippen molar-refractivity contribution >= 4 is 10.9 Å². The third kappa shape index (κ3) is 1.80. The average Bonchev–Trinajstić information content (AvgIpc) is 2.82. The second-order valence-corrected chi connectivity index (χ2v) is 4.89. The molecule has 3 rings (SSSR count). The molecule has 90 valence electrons. The van der Waals surface area contributed by atoms with Crippen LogP contribution in [-0.4, -0.2) is 10.2 Å². The van der Waals surface area contributed by atoms with Crippen LogP contribution >= 0.6 is 0 Å². The molecule has 1 aromatic heterocycles. The maximum Gasteiger partial charge on any atom is 0.0999 e. The fraction of sp³-hybridized carbons (Fsp3) is 0.188. The number of aromatic amines is 1. The SMILES string of the molecule is CC(C)c1ccc(-c2n[nH]c3ccccc23)cc1. The molecule has 0 aliphatic rings. The Morgan fingerprint density at radius 3 is 2.39 bits per heavy atom. The molecule has 2 aromatic carbocycles. The highest BCUT2D eigenvalue weighted by molar-refractivity contribution is 5.92. The summed E-state index contributed by atoms with van der Waals surface area (Å²) in [6, 6.07) is 16.9. The normalized spacial score (nSPS) is 11.3. The third-order valence-electron chi connectivity index (χ3n) is 3.32. The number of aromatic nitrogens is 2. The number of hydrogen-bond acceptors (Lipinski definition) is 1. The van der Waals surface area contributed by atoms with Crippen molar-refractivity contribution in [3.63, 3.8) is 0 Å². The Balaban J connectivity index is 2.09. The van der Waals surface area contributed by atoms with Crippen molar-refractivity contribution in [2.45, 2.75) is 19.8 Å². The molecule has 2 nitrogen and oxygen atoms in total. The van der Waals surface area contributed by atoms with Crippen molar-refractivity contribution < 1.29 is 0 Å². The zero-order valence-electron chi connectivity index (χ0n) is 10.6. The lowest BCUT2D eigenvalue weighted by atomic mass is 10.00. The Bertz CT molecular complexity index is 663. The number of nitrogens with zero attached hydrogens (tertiary/aromatic N) is 1. The second kappa shape index (κ2) is 4.30. The number of benzene rings is 2. The molecule has 1 N–H and O–H groups in total. The highest BCUT2D eigenvalue weighted by Gasteiger charge is 2.07. The van der Waals surface area contributed by atoms with Crippen molar-refractivity contribution in [3.05, 3.63) is 54.1 Å². The molecule has 0 aliphatic carbocycles. The van der Waals surface area contributed by atoms with Gasteiger partial charge in [-0.25, -0.2) is 0 Å². The summed E-state index contributed by atoms with van der Waals surface area (Å²) < 4.78 is 0.